The summed E-state index contributed by atoms with van der Waals surface area (Å²) < 4.78 is 5.59. The van der Waals surface area contributed by atoms with E-state index in [1.54, 1.807) is 29.2 Å². The maximum atomic E-state index is 13.0. The van der Waals surface area contributed by atoms with Gasteiger partial charge >= 0.3 is 5.97 Å². The zero-order valence-corrected chi connectivity index (χ0v) is 19.4. The summed E-state index contributed by atoms with van der Waals surface area (Å²) in [6.45, 7) is 4.32. The molecule has 1 saturated carbocycles. The first-order valence-electron chi connectivity index (χ1n) is 11.9. The summed E-state index contributed by atoms with van der Waals surface area (Å²) in [6.07, 6.45) is 2.49. The van der Waals surface area contributed by atoms with Gasteiger partial charge in [0, 0.05) is 24.7 Å². The van der Waals surface area contributed by atoms with Gasteiger partial charge in [-0.2, -0.15) is 0 Å². The number of anilines is 2. The molecule has 0 spiro atoms. The predicted molar refractivity (Wildman–Crippen MR) is 126 cm³/mol. The Labute approximate surface area is 198 Å². The molecule has 0 radical (unpaired) electrons. The number of aryl methyl sites for hydroxylation is 1. The van der Waals surface area contributed by atoms with Crippen molar-refractivity contribution in [1.82, 2.24) is 0 Å². The first-order valence-corrected chi connectivity index (χ1v) is 11.9. The Bertz CT molecular complexity index is 1180. The van der Waals surface area contributed by atoms with Crippen molar-refractivity contribution in [2.75, 3.05) is 16.3 Å². The van der Waals surface area contributed by atoms with Gasteiger partial charge in [0.05, 0.1) is 23.4 Å². The summed E-state index contributed by atoms with van der Waals surface area (Å²) in [7, 11) is 0. The van der Waals surface area contributed by atoms with Gasteiger partial charge in [0.15, 0.2) is 0 Å². The normalized spacial score (nSPS) is 26.7. The molecule has 7 nitrogen and oxygen atoms in total. The van der Waals surface area contributed by atoms with Crippen molar-refractivity contribution >= 4 is 35.1 Å². The largest absolute Gasteiger partial charge is 0.426 e. The molecule has 2 aromatic rings. The van der Waals surface area contributed by atoms with Crippen molar-refractivity contribution in [2.24, 2.45) is 23.7 Å². The van der Waals surface area contributed by atoms with E-state index in [4.69, 9.17) is 4.74 Å². The molecule has 1 aliphatic carbocycles. The Balaban J connectivity index is 1.29. The van der Waals surface area contributed by atoms with Crippen molar-refractivity contribution in [3.05, 3.63) is 54.1 Å². The molecule has 0 bridgehead atoms. The second kappa shape index (κ2) is 8.70. The average molecular weight is 461 g/mol. The summed E-state index contributed by atoms with van der Waals surface area (Å²) in [5, 5.41) is 0. The fraction of sp³-hybridized carbons (Fsp3) is 0.407. The minimum atomic E-state index is -0.587. The molecule has 4 atom stereocenters. The first kappa shape index (κ1) is 22.3. The van der Waals surface area contributed by atoms with Crippen molar-refractivity contribution < 1.29 is 23.9 Å². The molecule has 0 N–H and O–H groups in total. The smallest absolute Gasteiger partial charge is 0.316 e. The maximum absolute atomic E-state index is 13.0. The van der Waals surface area contributed by atoms with Gasteiger partial charge < -0.3 is 9.64 Å². The number of esters is 1. The predicted octanol–water partition coefficient (Wildman–Crippen LogP) is 3.88. The number of carbonyl (C=O) groups excluding carboxylic acids is 4. The lowest BCUT2D eigenvalue weighted by atomic mass is 9.76. The Hall–Kier alpha value is -3.48. The van der Waals surface area contributed by atoms with E-state index < -0.39 is 11.9 Å². The zero-order chi connectivity index (χ0) is 24.0. The van der Waals surface area contributed by atoms with Gasteiger partial charge in [-0.05, 0) is 61.9 Å². The van der Waals surface area contributed by atoms with Crippen molar-refractivity contribution in [1.29, 1.82) is 0 Å². The quantitative estimate of drug-likeness (QED) is 0.393. The molecule has 2 saturated heterocycles. The molecular weight excluding hydrogens is 432 g/mol. The third kappa shape index (κ3) is 4.00. The number of hydrogen-bond donors (Lipinski definition) is 0. The van der Waals surface area contributed by atoms with E-state index in [9.17, 15) is 19.2 Å². The second-order valence-electron chi connectivity index (χ2n) is 9.81. The molecule has 2 aliphatic heterocycles. The number of nitrogens with zero attached hydrogens (tertiary/aromatic N) is 2. The van der Waals surface area contributed by atoms with Crippen LogP contribution in [-0.4, -0.2) is 30.2 Å². The standard InChI is InChI=1S/C27H28N2O5/c1-16-5-3-6-19(11-16)28-15-18(13-24(28)30)27(33)34-21-8-4-7-20(14-21)29-25(31)22-10-9-17(2)12-23(22)26(29)32/h3-8,11,14,17-18,22-23H,9-10,12-13,15H2,1-2H3/t17-,18-,22-,23-/m0/s1. The highest BCUT2D eigenvalue weighted by Crippen LogP contribution is 2.42. The molecule has 3 fully saturated rings. The van der Waals surface area contributed by atoms with Crippen LogP contribution in [-0.2, 0) is 19.2 Å². The minimum Gasteiger partial charge on any atom is -0.426 e. The lowest BCUT2D eigenvalue weighted by molar-refractivity contribution is -0.139. The summed E-state index contributed by atoms with van der Waals surface area (Å²) in [5.74, 6) is -1.37. The van der Waals surface area contributed by atoms with Crippen LogP contribution < -0.4 is 14.5 Å². The highest BCUT2D eigenvalue weighted by atomic mass is 16.5. The SMILES string of the molecule is Cc1cccc(N2C[C@@H](C(=O)Oc3cccc(N4C(=O)[C@H]5CC[C@H](C)C[C@@H]5C4=O)c3)CC2=O)c1. The van der Waals surface area contributed by atoms with Gasteiger partial charge in [-0.1, -0.05) is 25.1 Å². The number of hydrogen-bond acceptors (Lipinski definition) is 5. The van der Waals surface area contributed by atoms with E-state index in [0.717, 1.165) is 30.5 Å². The lowest BCUT2D eigenvalue weighted by Crippen LogP contribution is -2.31. The summed E-state index contributed by atoms with van der Waals surface area (Å²) in [5.41, 5.74) is 2.23. The molecule has 176 valence electrons. The number of ether oxygens (including phenoxy) is 1. The van der Waals surface area contributed by atoms with E-state index in [1.807, 2.05) is 31.2 Å². The Morgan fingerprint density at radius 3 is 2.47 bits per heavy atom. The number of fused-ring (bicyclic) bond motifs is 1. The van der Waals surface area contributed by atoms with E-state index in [2.05, 4.69) is 6.92 Å². The third-order valence-corrected chi connectivity index (χ3v) is 7.25. The molecule has 3 aliphatic rings. The van der Waals surface area contributed by atoms with Crippen LogP contribution in [0.3, 0.4) is 0 Å². The highest BCUT2D eigenvalue weighted by molar-refractivity contribution is 6.22. The summed E-state index contributed by atoms with van der Waals surface area (Å²) >= 11 is 0. The van der Waals surface area contributed by atoms with Crippen LogP contribution in [0.5, 0.6) is 5.75 Å². The minimum absolute atomic E-state index is 0.0805. The number of carbonyl (C=O) groups is 4. The van der Waals surface area contributed by atoms with Crippen LogP contribution >= 0.6 is 0 Å². The second-order valence-corrected chi connectivity index (χ2v) is 9.81. The number of benzene rings is 2. The first-order chi connectivity index (χ1) is 16.3. The van der Waals surface area contributed by atoms with Crippen molar-refractivity contribution in [3.8, 4) is 5.75 Å². The monoisotopic (exact) mass is 460 g/mol. The van der Waals surface area contributed by atoms with Gasteiger partial charge in [0.25, 0.3) is 0 Å². The van der Waals surface area contributed by atoms with E-state index in [1.165, 1.54) is 4.90 Å². The Morgan fingerprint density at radius 1 is 0.941 bits per heavy atom. The van der Waals surface area contributed by atoms with Crippen LogP contribution in [0.2, 0.25) is 0 Å². The van der Waals surface area contributed by atoms with Gasteiger partial charge in [0.2, 0.25) is 17.7 Å². The molecule has 0 unspecified atom stereocenters. The van der Waals surface area contributed by atoms with E-state index in [-0.39, 0.29) is 48.3 Å². The van der Waals surface area contributed by atoms with Gasteiger partial charge in [-0.3, -0.25) is 19.2 Å². The molecule has 7 heteroatoms. The Kier molecular flexibility index (Phi) is 5.71. The van der Waals surface area contributed by atoms with E-state index >= 15 is 0 Å². The molecular formula is C27H28N2O5. The van der Waals surface area contributed by atoms with Gasteiger partial charge in [0.1, 0.15) is 5.75 Å². The molecule has 34 heavy (non-hydrogen) atoms. The molecule has 2 aromatic carbocycles. The van der Waals surface area contributed by atoms with Gasteiger partial charge in [-0.25, -0.2) is 4.90 Å². The number of imide groups is 1. The van der Waals surface area contributed by atoms with E-state index in [0.29, 0.717) is 11.6 Å². The van der Waals surface area contributed by atoms with Crippen LogP contribution in [0.25, 0.3) is 0 Å². The molecule has 5 rings (SSSR count). The van der Waals surface area contributed by atoms with Crippen LogP contribution in [0.1, 0.15) is 38.2 Å². The summed E-state index contributed by atoms with van der Waals surface area (Å²) in [6, 6.07) is 14.1. The van der Waals surface area contributed by atoms with Crippen molar-refractivity contribution in [2.45, 2.75) is 39.5 Å². The fourth-order valence-electron chi connectivity index (χ4n) is 5.44. The van der Waals surface area contributed by atoms with Crippen LogP contribution in [0.15, 0.2) is 48.5 Å². The number of rotatable bonds is 4. The summed E-state index contributed by atoms with van der Waals surface area (Å²) in [4.78, 5) is 54.3. The molecule has 0 aromatic heterocycles. The fourth-order valence-corrected chi connectivity index (χ4v) is 5.44. The third-order valence-electron chi connectivity index (χ3n) is 7.25. The number of amides is 3. The Morgan fingerprint density at radius 2 is 1.68 bits per heavy atom. The molecule has 3 amide bonds. The van der Waals surface area contributed by atoms with Crippen LogP contribution in [0.4, 0.5) is 11.4 Å². The molecule has 2 heterocycles. The van der Waals surface area contributed by atoms with Gasteiger partial charge in [-0.15, -0.1) is 0 Å². The maximum Gasteiger partial charge on any atom is 0.316 e. The topological polar surface area (TPSA) is 84.0 Å². The zero-order valence-electron chi connectivity index (χ0n) is 19.4. The van der Waals surface area contributed by atoms with Crippen molar-refractivity contribution in [3.63, 3.8) is 0 Å². The highest BCUT2D eigenvalue weighted by Gasteiger charge is 2.50. The average Bonchev–Trinajstić information content (AvgIpc) is 3.31. The van der Waals surface area contributed by atoms with Crippen LogP contribution in [0, 0.1) is 30.6 Å². The lowest BCUT2D eigenvalue weighted by Gasteiger charge is -2.25.